The molecule has 4 bridgehead atoms. The molecule has 0 aromatic heterocycles. The number of ether oxygens (including phenoxy) is 1. The maximum Gasteiger partial charge on any atom is 0.160 e. The van der Waals surface area contributed by atoms with Gasteiger partial charge in [-0.1, -0.05) is 0 Å². The Morgan fingerprint density at radius 1 is 1.20 bits per heavy atom. The van der Waals surface area contributed by atoms with Crippen molar-refractivity contribution in [2.45, 2.75) is 49.3 Å². The Morgan fingerprint density at radius 2 is 1.67 bits per heavy atom. The number of hydrazine groups is 1. The third-order valence-electron chi connectivity index (χ3n) is 3.72. The molecule has 0 radical (unpaired) electrons. The van der Waals surface area contributed by atoms with Crippen LogP contribution >= 0.6 is 0 Å². The SMILES string of the molecule is O=[N+]([O-])N1C2CC3OC(CC1C3O)C2O. The first-order valence-electron chi connectivity index (χ1n) is 5.04. The van der Waals surface area contributed by atoms with Crippen molar-refractivity contribution in [3.05, 3.63) is 10.1 Å². The Bertz CT molecular complexity index is 289. The number of hydrogen-bond acceptors (Lipinski definition) is 5. The van der Waals surface area contributed by atoms with E-state index in [1.165, 1.54) is 0 Å². The number of hydrogen-bond donors (Lipinski definition) is 2. The Kier molecular flexibility index (Phi) is 1.74. The van der Waals surface area contributed by atoms with E-state index in [2.05, 4.69) is 0 Å². The molecule has 4 rings (SSSR count). The molecule has 84 valence electrons. The Morgan fingerprint density at radius 3 is 2.07 bits per heavy atom. The van der Waals surface area contributed by atoms with Gasteiger partial charge >= 0.3 is 0 Å². The maximum atomic E-state index is 10.8. The van der Waals surface area contributed by atoms with Crippen LogP contribution in [0.3, 0.4) is 0 Å². The monoisotopic (exact) mass is 216 g/mol. The quantitative estimate of drug-likeness (QED) is 0.409. The molecule has 4 aliphatic rings. The predicted octanol–water partition coefficient (Wildman–Crippen LogP) is -1.49. The van der Waals surface area contributed by atoms with Crippen LogP contribution in [0.25, 0.3) is 0 Å². The third kappa shape index (κ3) is 1.05. The predicted molar refractivity (Wildman–Crippen MR) is 46.3 cm³/mol. The maximum absolute atomic E-state index is 10.8. The molecular formula is C8H12N2O5. The molecule has 4 heterocycles. The standard InChI is InChI=1S/C8H12N2O5/c11-7-3-1-5-8(12)4(2-6(7)15-5)9(3)10(13)14/h3-8,11-12H,1-2H2. The lowest BCUT2D eigenvalue weighted by Gasteiger charge is -2.55. The van der Waals surface area contributed by atoms with Crippen molar-refractivity contribution >= 4 is 0 Å². The van der Waals surface area contributed by atoms with Gasteiger partial charge in [0, 0.05) is 12.8 Å². The van der Waals surface area contributed by atoms with Gasteiger partial charge in [0.1, 0.15) is 24.3 Å². The third-order valence-corrected chi connectivity index (χ3v) is 3.72. The molecule has 0 saturated carbocycles. The van der Waals surface area contributed by atoms with E-state index >= 15 is 0 Å². The van der Waals surface area contributed by atoms with Crippen LogP contribution in [-0.4, -0.2) is 56.8 Å². The molecule has 0 amide bonds. The molecule has 4 saturated heterocycles. The van der Waals surface area contributed by atoms with Crippen LogP contribution in [0.5, 0.6) is 0 Å². The van der Waals surface area contributed by atoms with Crippen LogP contribution in [0.1, 0.15) is 12.8 Å². The van der Waals surface area contributed by atoms with Gasteiger partial charge in [0.25, 0.3) is 0 Å². The molecule has 7 heteroatoms. The van der Waals surface area contributed by atoms with Crippen LogP contribution in [0.2, 0.25) is 0 Å². The van der Waals surface area contributed by atoms with E-state index in [0.717, 1.165) is 5.01 Å². The van der Waals surface area contributed by atoms with E-state index < -0.39 is 29.3 Å². The van der Waals surface area contributed by atoms with Crippen molar-refractivity contribution < 1.29 is 20.0 Å². The second-order valence-corrected chi connectivity index (χ2v) is 4.42. The highest BCUT2D eigenvalue weighted by Crippen LogP contribution is 2.42. The van der Waals surface area contributed by atoms with Crippen molar-refractivity contribution in [3.8, 4) is 0 Å². The van der Waals surface area contributed by atoms with Crippen molar-refractivity contribution in [1.29, 1.82) is 0 Å². The summed E-state index contributed by atoms with van der Waals surface area (Å²) in [4.78, 5) is 10.8. The minimum Gasteiger partial charge on any atom is -0.388 e. The Balaban J connectivity index is 1.96. The normalized spacial score (nSPS) is 52.3. The summed E-state index contributed by atoms with van der Waals surface area (Å²) in [6, 6.07) is -1.02. The highest BCUT2D eigenvalue weighted by Gasteiger charge is 2.61. The molecule has 0 aromatic rings. The van der Waals surface area contributed by atoms with Crippen LogP contribution in [0.15, 0.2) is 0 Å². The summed E-state index contributed by atoms with van der Waals surface area (Å²) < 4.78 is 5.43. The van der Waals surface area contributed by atoms with E-state index in [0.29, 0.717) is 12.8 Å². The zero-order chi connectivity index (χ0) is 10.7. The summed E-state index contributed by atoms with van der Waals surface area (Å²) in [5.41, 5.74) is 0. The van der Waals surface area contributed by atoms with Crippen molar-refractivity contribution in [1.82, 2.24) is 5.01 Å². The second-order valence-electron chi connectivity index (χ2n) is 4.42. The fourth-order valence-corrected chi connectivity index (χ4v) is 3.04. The molecule has 0 spiro atoms. The largest absolute Gasteiger partial charge is 0.388 e. The fourth-order valence-electron chi connectivity index (χ4n) is 3.04. The van der Waals surface area contributed by atoms with Gasteiger partial charge in [0.05, 0.1) is 12.2 Å². The lowest BCUT2D eigenvalue weighted by molar-refractivity contribution is -0.690. The summed E-state index contributed by atoms with van der Waals surface area (Å²) >= 11 is 0. The average molecular weight is 216 g/mol. The molecule has 6 unspecified atom stereocenters. The van der Waals surface area contributed by atoms with Crippen LogP contribution in [0, 0.1) is 10.1 Å². The zero-order valence-electron chi connectivity index (χ0n) is 7.89. The van der Waals surface area contributed by atoms with Gasteiger partial charge in [-0.3, -0.25) is 0 Å². The summed E-state index contributed by atoms with van der Waals surface area (Å²) in [5.74, 6) is 0. The van der Waals surface area contributed by atoms with E-state index in [4.69, 9.17) is 4.74 Å². The number of piperidine rings is 2. The first kappa shape index (κ1) is 9.32. The van der Waals surface area contributed by atoms with Crippen LogP contribution < -0.4 is 0 Å². The molecule has 6 atom stereocenters. The smallest absolute Gasteiger partial charge is 0.160 e. The minimum absolute atomic E-state index is 0.330. The average Bonchev–Trinajstić information content (AvgIpc) is 2.15. The first-order valence-corrected chi connectivity index (χ1v) is 5.04. The topological polar surface area (TPSA) is 96.1 Å². The number of aliphatic hydroxyl groups is 2. The summed E-state index contributed by atoms with van der Waals surface area (Å²) in [7, 11) is 0. The van der Waals surface area contributed by atoms with E-state index in [9.17, 15) is 20.3 Å². The summed E-state index contributed by atoms with van der Waals surface area (Å²) in [6.07, 6.45) is -1.66. The molecular weight excluding hydrogens is 204 g/mol. The van der Waals surface area contributed by atoms with Gasteiger partial charge in [-0.15, -0.1) is 5.01 Å². The number of nitrogens with zero attached hydrogens (tertiary/aromatic N) is 2. The number of aliphatic hydroxyl groups excluding tert-OH is 2. The second kappa shape index (κ2) is 2.81. The number of rotatable bonds is 1. The highest BCUT2D eigenvalue weighted by molar-refractivity contribution is 5.07. The van der Waals surface area contributed by atoms with E-state index in [1.807, 2.05) is 0 Å². The Labute approximate surface area is 85.4 Å². The molecule has 4 fully saturated rings. The van der Waals surface area contributed by atoms with Gasteiger partial charge in [0.15, 0.2) is 5.03 Å². The van der Waals surface area contributed by atoms with Crippen LogP contribution in [0.4, 0.5) is 0 Å². The molecule has 0 aromatic carbocycles. The van der Waals surface area contributed by atoms with Gasteiger partial charge in [-0.2, -0.15) is 0 Å². The number of nitro groups is 1. The molecule has 0 aliphatic carbocycles. The first-order chi connectivity index (χ1) is 7.09. The van der Waals surface area contributed by atoms with E-state index in [-0.39, 0.29) is 12.2 Å². The van der Waals surface area contributed by atoms with Crippen molar-refractivity contribution in [3.63, 3.8) is 0 Å². The fraction of sp³-hybridized carbons (Fsp3) is 1.00. The van der Waals surface area contributed by atoms with Gasteiger partial charge < -0.3 is 14.9 Å². The van der Waals surface area contributed by atoms with Crippen molar-refractivity contribution in [2.24, 2.45) is 0 Å². The van der Waals surface area contributed by atoms with Gasteiger partial charge in [-0.05, 0) is 0 Å². The Hall–Kier alpha value is -0.920. The van der Waals surface area contributed by atoms with Crippen molar-refractivity contribution in [2.75, 3.05) is 0 Å². The van der Waals surface area contributed by atoms with Gasteiger partial charge in [0.2, 0.25) is 0 Å². The minimum atomic E-state index is -0.810. The lowest BCUT2D eigenvalue weighted by atomic mass is 9.76. The molecule has 7 nitrogen and oxygen atoms in total. The van der Waals surface area contributed by atoms with Crippen LogP contribution in [-0.2, 0) is 4.74 Å². The lowest BCUT2D eigenvalue weighted by Crippen LogP contribution is -2.75. The zero-order valence-corrected chi connectivity index (χ0v) is 7.89. The van der Waals surface area contributed by atoms with Gasteiger partial charge in [-0.25, -0.2) is 10.1 Å². The van der Waals surface area contributed by atoms with E-state index in [1.54, 1.807) is 0 Å². The molecule has 4 aliphatic heterocycles. The molecule has 2 N–H and O–H groups in total. The summed E-state index contributed by atoms with van der Waals surface area (Å²) in [5, 5.41) is 30.9. The highest BCUT2D eigenvalue weighted by atomic mass is 16.7. The summed E-state index contributed by atoms with van der Waals surface area (Å²) in [6.45, 7) is 0. The molecule has 15 heavy (non-hydrogen) atoms.